The summed E-state index contributed by atoms with van der Waals surface area (Å²) in [6.45, 7) is 5.81. The highest BCUT2D eigenvalue weighted by atomic mass is 79.9. The van der Waals surface area contributed by atoms with Crippen molar-refractivity contribution in [1.82, 2.24) is 5.32 Å². The molecule has 0 fully saturated rings. The zero-order chi connectivity index (χ0) is 15.9. The lowest BCUT2D eigenvalue weighted by atomic mass is 10.2. The summed E-state index contributed by atoms with van der Waals surface area (Å²) in [6, 6.07) is 7.39. The van der Waals surface area contributed by atoms with Gasteiger partial charge in [-0.2, -0.15) is 0 Å². The minimum Gasteiger partial charge on any atom is -0.444 e. The van der Waals surface area contributed by atoms with Crippen LogP contribution >= 0.6 is 15.9 Å². The van der Waals surface area contributed by atoms with Crippen LogP contribution in [0.15, 0.2) is 28.7 Å². The Morgan fingerprint density at radius 2 is 2.00 bits per heavy atom. The lowest BCUT2D eigenvalue weighted by Gasteiger charge is -2.19. The summed E-state index contributed by atoms with van der Waals surface area (Å²) in [5.41, 5.74) is 0.233. The monoisotopic (exact) mass is 356 g/mol. The molecule has 0 saturated carbocycles. The number of hydrogen-bond donors (Lipinski definition) is 2. The Kier molecular flexibility index (Phi) is 6.68. The predicted molar refractivity (Wildman–Crippen MR) is 86.2 cm³/mol. The van der Waals surface area contributed by atoms with Crippen molar-refractivity contribution in [2.75, 3.05) is 11.9 Å². The molecular weight excluding hydrogens is 336 g/mol. The van der Waals surface area contributed by atoms with E-state index < -0.39 is 11.7 Å². The number of halogens is 1. The van der Waals surface area contributed by atoms with Crippen molar-refractivity contribution in [2.24, 2.45) is 0 Å². The molecule has 0 saturated heterocycles. The van der Waals surface area contributed by atoms with Gasteiger partial charge in [-0.1, -0.05) is 22.0 Å². The number of benzene rings is 1. The fourth-order valence-corrected chi connectivity index (χ4v) is 1.94. The molecule has 2 amide bonds. The van der Waals surface area contributed by atoms with Gasteiger partial charge in [-0.25, -0.2) is 4.79 Å². The van der Waals surface area contributed by atoms with Crippen LogP contribution in [0.1, 0.15) is 33.6 Å². The third kappa shape index (κ3) is 8.34. The maximum absolute atomic E-state index is 11.7. The molecule has 1 aromatic rings. The Balaban J connectivity index is 2.21. The predicted octanol–water partition coefficient (Wildman–Crippen LogP) is 3.69. The topological polar surface area (TPSA) is 67.4 Å². The molecule has 0 aliphatic heterocycles. The summed E-state index contributed by atoms with van der Waals surface area (Å²) in [4.78, 5) is 23.1. The van der Waals surface area contributed by atoms with Gasteiger partial charge in [0.15, 0.2) is 0 Å². The van der Waals surface area contributed by atoms with Crippen LogP contribution in [0, 0.1) is 0 Å². The maximum atomic E-state index is 11.7. The Morgan fingerprint density at radius 1 is 1.29 bits per heavy atom. The molecule has 0 bridgehead atoms. The molecule has 0 heterocycles. The number of nitrogens with one attached hydrogen (secondary N) is 2. The first kappa shape index (κ1) is 17.5. The van der Waals surface area contributed by atoms with E-state index in [0.717, 1.165) is 10.2 Å². The third-order valence-electron chi connectivity index (χ3n) is 2.36. The van der Waals surface area contributed by atoms with Gasteiger partial charge in [0.25, 0.3) is 0 Å². The second-order valence-corrected chi connectivity index (χ2v) is 6.51. The summed E-state index contributed by atoms with van der Waals surface area (Å²) in [6.07, 6.45) is 0.427. The molecule has 5 nitrogen and oxygen atoms in total. The van der Waals surface area contributed by atoms with Crippen molar-refractivity contribution in [3.63, 3.8) is 0 Å². The number of ether oxygens (including phenoxy) is 1. The van der Waals surface area contributed by atoms with E-state index in [9.17, 15) is 9.59 Å². The van der Waals surface area contributed by atoms with E-state index in [-0.39, 0.29) is 5.91 Å². The smallest absolute Gasteiger partial charge is 0.407 e. The molecule has 1 rings (SSSR count). The minimum atomic E-state index is -0.512. The van der Waals surface area contributed by atoms with Crippen LogP contribution in [0.2, 0.25) is 0 Å². The Morgan fingerprint density at radius 3 is 2.62 bits per heavy atom. The lowest BCUT2D eigenvalue weighted by molar-refractivity contribution is -0.116. The second kappa shape index (κ2) is 8.02. The lowest BCUT2D eigenvalue weighted by Crippen LogP contribution is -2.33. The quantitative estimate of drug-likeness (QED) is 0.790. The van der Waals surface area contributed by atoms with E-state index in [1.54, 1.807) is 20.8 Å². The van der Waals surface area contributed by atoms with E-state index in [0.29, 0.717) is 19.4 Å². The average molecular weight is 357 g/mol. The second-order valence-electron chi connectivity index (χ2n) is 5.59. The Bertz CT molecular complexity index is 498. The molecule has 0 radical (unpaired) electrons. The molecule has 0 aromatic heterocycles. The molecule has 0 aliphatic carbocycles. The molecule has 0 aliphatic rings. The van der Waals surface area contributed by atoms with Gasteiger partial charge in [-0.15, -0.1) is 0 Å². The van der Waals surface area contributed by atoms with Crippen molar-refractivity contribution in [3.8, 4) is 0 Å². The van der Waals surface area contributed by atoms with E-state index >= 15 is 0 Å². The number of anilines is 1. The van der Waals surface area contributed by atoms with E-state index in [2.05, 4.69) is 26.6 Å². The first-order valence-electron chi connectivity index (χ1n) is 6.78. The Hall–Kier alpha value is -1.56. The van der Waals surface area contributed by atoms with Crippen LogP contribution in [-0.4, -0.2) is 24.1 Å². The van der Waals surface area contributed by atoms with Gasteiger partial charge >= 0.3 is 6.09 Å². The maximum Gasteiger partial charge on any atom is 0.407 e. The number of hydrogen-bond acceptors (Lipinski definition) is 3. The van der Waals surface area contributed by atoms with E-state index in [4.69, 9.17) is 4.74 Å². The number of amides is 2. The molecule has 0 spiro atoms. The molecule has 21 heavy (non-hydrogen) atoms. The molecule has 116 valence electrons. The van der Waals surface area contributed by atoms with Gasteiger partial charge in [0.05, 0.1) is 0 Å². The highest BCUT2D eigenvalue weighted by Crippen LogP contribution is 2.15. The van der Waals surface area contributed by atoms with Crippen molar-refractivity contribution < 1.29 is 14.3 Å². The van der Waals surface area contributed by atoms with Crippen LogP contribution in [0.4, 0.5) is 10.5 Å². The molecule has 1 aromatic carbocycles. The van der Waals surface area contributed by atoms with Crippen LogP contribution < -0.4 is 10.6 Å². The summed E-state index contributed by atoms with van der Waals surface area (Å²) >= 11 is 3.34. The van der Waals surface area contributed by atoms with Crippen molar-refractivity contribution >= 4 is 33.6 Å². The van der Waals surface area contributed by atoms with Crippen LogP contribution in [0.25, 0.3) is 0 Å². The van der Waals surface area contributed by atoms with E-state index in [1.807, 2.05) is 24.3 Å². The van der Waals surface area contributed by atoms with Crippen molar-refractivity contribution in [1.29, 1.82) is 0 Å². The number of carbonyl (C=O) groups is 2. The first-order valence-corrected chi connectivity index (χ1v) is 7.58. The van der Waals surface area contributed by atoms with Crippen LogP contribution in [0.5, 0.6) is 0 Å². The van der Waals surface area contributed by atoms with Crippen LogP contribution in [0.3, 0.4) is 0 Å². The first-order chi connectivity index (χ1) is 9.76. The largest absolute Gasteiger partial charge is 0.444 e. The highest BCUT2D eigenvalue weighted by molar-refractivity contribution is 9.10. The van der Waals surface area contributed by atoms with Gasteiger partial charge in [-0.05, 0) is 45.4 Å². The van der Waals surface area contributed by atoms with Gasteiger partial charge in [0.1, 0.15) is 5.60 Å². The van der Waals surface area contributed by atoms with Crippen molar-refractivity contribution in [2.45, 2.75) is 39.2 Å². The fourth-order valence-electron chi connectivity index (χ4n) is 1.54. The van der Waals surface area contributed by atoms with Crippen LogP contribution in [-0.2, 0) is 9.53 Å². The minimum absolute atomic E-state index is 0.0842. The third-order valence-corrected chi connectivity index (χ3v) is 2.85. The fraction of sp³-hybridized carbons (Fsp3) is 0.467. The number of rotatable bonds is 5. The summed E-state index contributed by atoms with van der Waals surface area (Å²) in [7, 11) is 0. The Labute approximate surface area is 133 Å². The van der Waals surface area contributed by atoms with Gasteiger partial charge in [0.2, 0.25) is 5.91 Å². The van der Waals surface area contributed by atoms with Gasteiger partial charge in [0, 0.05) is 23.1 Å². The molecule has 0 unspecified atom stereocenters. The molecule has 2 N–H and O–H groups in total. The normalized spacial score (nSPS) is 10.9. The standard InChI is InChI=1S/C15H21BrN2O3/c1-15(2,3)21-14(20)17-9-5-8-13(19)18-12-7-4-6-11(16)10-12/h4,6-7,10H,5,8-9H2,1-3H3,(H,17,20)(H,18,19). The zero-order valence-electron chi connectivity index (χ0n) is 12.5. The number of carbonyl (C=O) groups excluding carboxylic acids is 2. The molecular formula is C15H21BrN2O3. The van der Waals surface area contributed by atoms with E-state index in [1.165, 1.54) is 0 Å². The van der Waals surface area contributed by atoms with Gasteiger partial charge < -0.3 is 15.4 Å². The summed E-state index contributed by atoms with van der Waals surface area (Å²) < 4.78 is 6.01. The molecule has 0 atom stereocenters. The van der Waals surface area contributed by atoms with Gasteiger partial charge in [-0.3, -0.25) is 4.79 Å². The highest BCUT2D eigenvalue weighted by Gasteiger charge is 2.15. The zero-order valence-corrected chi connectivity index (χ0v) is 14.1. The molecule has 6 heteroatoms. The van der Waals surface area contributed by atoms with Crippen molar-refractivity contribution in [3.05, 3.63) is 28.7 Å². The summed E-state index contributed by atoms with van der Waals surface area (Å²) in [5.74, 6) is -0.0842. The number of alkyl carbamates (subject to hydrolysis) is 1. The SMILES string of the molecule is CC(C)(C)OC(=O)NCCCC(=O)Nc1cccc(Br)c1. The summed E-state index contributed by atoms with van der Waals surface area (Å²) in [5, 5.41) is 5.42. The average Bonchev–Trinajstić information content (AvgIpc) is 2.32.